The Hall–Kier alpha value is -1.66. The molecule has 0 unspecified atom stereocenters. The minimum Gasteiger partial charge on any atom is -0.258 e. The Kier molecular flexibility index (Phi) is 2.68. The van der Waals surface area contributed by atoms with Crippen LogP contribution in [0, 0.1) is 23.0 Å². The number of pyridine rings is 1. The van der Waals surface area contributed by atoms with Crippen LogP contribution in [0.4, 0.5) is 18.9 Å². The molecule has 0 bridgehead atoms. The molecule has 1 heterocycles. The number of aromatic nitrogens is 1. The molecule has 0 fully saturated rings. The van der Waals surface area contributed by atoms with Gasteiger partial charge in [0.15, 0.2) is 0 Å². The number of nitro groups is 1. The molecule has 14 heavy (non-hydrogen) atoms. The summed E-state index contributed by atoms with van der Waals surface area (Å²) in [7, 11) is 0. The number of hydrogen-bond acceptors (Lipinski definition) is 3. The minimum atomic E-state index is -3.09. The van der Waals surface area contributed by atoms with Crippen molar-refractivity contribution in [3.8, 4) is 0 Å². The summed E-state index contributed by atoms with van der Waals surface area (Å²) in [5.74, 6) is -1.12. The summed E-state index contributed by atoms with van der Waals surface area (Å²) >= 11 is 0. The second kappa shape index (κ2) is 3.60. The Labute approximate surface area is 76.5 Å². The van der Waals surface area contributed by atoms with Crippen molar-refractivity contribution in [3.63, 3.8) is 0 Å². The Morgan fingerprint density at radius 1 is 1.57 bits per heavy atom. The van der Waals surface area contributed by atoms with E-state index in [0.29, 0.717) is 6.20 Å². The molecule has 76 valence electrons. The van der Waals surface area contributed by atoms with Crippen LogP contribution in [0.15, 0.2) is 6.20 Å². The van der Waals surface area contributed by atoms with E-state index in [1.807, 2.05) is 0 Å². The summed E-state index contributed by atoms with van der Waals surface area (Å²) in [6.07, 6.45) is -2.60. The molecule has 1 aromatic rings. The first-order valence-electron chi connectivity index (χ1n) is 3.52. The number of hydrogen-bond donors (Lipinski definition) is 0. The highest BCUT2D eigenvalue weighted by Gasteiger charge is 2.26. The maximum absolute atomic E-state index is 12.7. The van der Waals surface area contributed by atoms with Crippen molar-refractivity contribution in [2.45, 2.75) is 13.3 Å². The first-order chi connectivity index (χ1) is 6.45. The molecule has 0 aliphatic carbocycles. The summed E-state index contributed by atoms with van der Waals surface area (Å²) < 4.78 is 37.4. The van der Waals surface area contributed by atoms with Gasteiger partial charge in [0.05, 0.1) is 4.92 Å². The van der Waals surface area contributed by atoms with Crippen LogP contribution in [-0.2, 0) is 0 Å². The Morgan fingerprint density at radius 2 is 2.14 bits per heavy atom. The quantitative estimate of drug-likeness (QED) is 0.424. The molecule has 0 aromatic carbocycles. The van der Waals surface area contributed by atoms with Crippen molar-refractivity contribution in [1.29, 1.82) is 0 Å². The SMILES string of the molecule is Cc1c(F)ncc([N+](=O)[O-])c1C(F)F. The fraction of sp³-hybridized carbons (Fsp3) is 0.286. The molecule has 0 saturated carbocycles. The van der Waals surface area contributed by atoms with Gasteiger partial charge in [0.25, 0.3) is 12.1 Å². The maximum Gasteiger partial charge on any atom is 0.296 e. The molecule has 1 rings (SSSR count). The molecule has 4 nitrogen and oxygen atoms in total. The van der Waals surface area contributed by atoms with Gasteiger partial charge < -0.3 is 0 Å². The summed E-state index contributed by atoms with van der Waals surface area (Å²) in [5, 5.41) is 10.3. The molecule has 0 radical (unpaired) electrons. The van der Waals surface area contributed by atoms with E-state index in [4.69, 9.17) is 0 Å². The van der Waals surface area contributed by atoms with Gasteiger partial charge in [0.1, 0.15) is 11.8 Å². The lowest BCUT2D eigenvalue weighted by atomic mass is 10.1. The highest BCUT2D eigenvalue weighted by atomic mass is 19.3. The highest BCUT2D eigenvalue weighted by molar-refractivity contribution is 5.43. The molecule has 0 amide bonds. The Balaban J connectivity index is 3.45. The maximum atomic E-state index is 12.7. The summed E-state index contributed by atoms with van der Waals surface area (Å²) in [6, 6.07) is 0. The number of rotatable bonds is 2. The Bertz CT molecular complexity index is 381. The average Bonchev–Trinajstić information content (AvgIpc) is 2.08. The fourth-order valence-corrected chi connectivity index (χ4v) is 1.01. The molecular weight excluding hydrogens is 201 g/mol. The summed E-state index contributed by atoms with van der Waals surface area (Å²) in [4.78, 5) is 12.3. The van der Waals surface area contributed by atoms with Crippen molar-refractivity contribution < 1.29 is 18.1 Å². The van der Waals surface area contributed by atoms with Crippen molar-refractivity contribution in [1.82, 2.24) is 4.98 Å². The van der Waals surface area contributed by atoms with Crippen LogP contribution >= 0.6 is 0 Å². The van der Waals surface area contributed by atoms with Crippen molar-refractivity contribution in [2.24, 2.45) is 0 Å². The van der Waals surface area contributed by atoms with Crippen molar-refractivity contribution >= 4 is 5.69 Å². The standard InChI is InChI=1S/C7H5F3N2O2/c1-3-5(6(8)9)4(12(13)14)2-11-7(3)10/h2,6H,1H3. The first-order valence-corrected chi connectivity index (χ1v) is 3.52. The van der Waals surface area contributed by atoms with E-state index >= 15 is 0 Å². The van der Waals surface area contributed by atoms with Gasteiger partial charge in [0, 0.05) is 5.56 Å². The van der Waals surface area contributed by atoms with Gasteiger partial charge in [-0.15, -0.1) is 0 Å². The molecule has 1 aromatic heterocycles. The molecule has 0 aliphatic heterocycles. The zero-order valence-corrected chi connectivity index (χ0v) is 7.00. The van der Waals surface area contributed by atoms with Crippen LogP contribution < -0.4 is 0 Å². The smallest absolute Gasteiger partial charge is 0.258 e. The topological polar surface area (TPSA) is 56.0 Å². The van der Waals surface area contributed by atoms with Gasteiger partial charge in [-0.2, -0.15) is 4.39 Å². The lowest BCUT2D eigenvalue weighted by Gasteiger charge is -2.04. The first kappa shape index (κ1) is 10.4. The Morgan fingerprint density at radius 3 is 2.57 bits per heavy atom. The van der Waals surface area contributed by atoms with Crippen LogP contribution in [0.5, 0.6) is 0 Å². The molecule has 0 N–H and O–H groups in total. The predicted octanol–water partition coefficient (Wildman–Crippen LogP) is 2.37. The molecule has 0 spiro atoms. The number of nitrogens with zero attached hydrogens (tertiary/aromatic N) is 2. The molecule has 0 atom stereocenters. The second-order valence-electron chi connectivity index (χ2n) is 2.53. The molecule has 7 heteroatoms. The number of halogens is 3. The van der Waals surface area contributed by atoms with Crippen LogP contribution in [0.1, 0.15) is 17.6 Å². The van der Waals surface area contributed by atoms with Crippen molar-refractivity contribution in [2.75, 3.05) is 0 Å². The summed E-state index contributed by atoms with van der Waals surface area (Å²) in [6.45, 7) is 1.02. The predicted molar refractivity (Wildman–Crippen MR) is 40.5 cm³/mol. The lowest BCUT2D eigenvalue weighted by Crippen LogP contribution is -2.02. The monoisotopic (exact) mass is 206 g/mol. The molecule has 0 aliphatic rings. The number of alkyl halides is 2. The fourth-order valence-electron chi connectivity index (χ4n) is 1.01. The van der Waals surface area contributed by atoms with Crippen LogP contribution in [0.3, 0.4) is 0 Å². The van der Waals surface area contributed by atoms with Crippen LogP contribution in [-0.4, -0.2) is 9.91 Å². The highest BCUT2D eigenvalue weighted by Crippen LogP contribution is 2.31. The zero-order chi connectivity index (χ0) is 10.9. The third kappa shape index (κ3) is 1.66. The average molecular weight is 206 g/mol. The van der Waals surface area contributed by atoms with E-state index in [2.05, 4.69) is 4.98 Å². The van der Waals surface area contributed by atoms with E-state index in [1.54, 1.807) is 0 Å². The van der Waals surface area contributed by atoms with Gasteiger partial charge in [-0.1, -0.05) is 0 Å². The van der Waals surface area contributed by atoms with Gasteiger partial charge in [-0.05, 0) is 6.92 Å². The van der Waals surface area contributed by atoms with E-state index in [-0.39, 0.29) is 0 Å². The van der Waals surface area contributed by atoms with E-state index in [1.165, 1.54) is 0 Å². The third-order valence-electron chi connectivity index (χ3n) is 1.70. The van der Waals surface area contributed by atoms with Gasteiger partial charge in [-0.3, -0.25) is 10.1 Å². The lowest BCUT2D eigenvalue weighted by molar-refractivity contribution is -0.386. The van der Waals surface area contributed by atoms with E-state index < -0.39 is 34.1 Å². The van der Waals surface area contributed by atoms with Gasteiger partial charge >= 0.3 is 0 Å². The zero-order valence-electron chi connectivity index (χ0n) is 7.00. The largest absolute Gasteiger partial charge is 0.296 e. The summed E-state index contributed by atoms with van der Waals surface area (Å²) in [5.41, 5.74) is -2.27. The van der Waals surface area contributed by atoms with Crippen LogP contribution in [0.2, 0.25) is 0 Å². The van der Waals surface area contributed by atoms with Crippen LogP contribution in [0.25, 0.3) is 0 Å². The van der Waals surface area contributed by atoms with Crippen molar-refractivity contribution in [3.05, 3.63) is 33.4 Å². The van der Waals surface area contributed by atoms with Gasteiger partial charge in [-0.25, -0.2) is 13.8 Å². The minimum absolute atomic E-state index is 0.490. The van der Waals surface area contributed by atoms with E-state index in [0.717, 1.165) is 6.92 Å². The second-order valence-corrected chi connectivity index (χ2v) is 2.53. The van der Waals surface area contributed by atoms with E-state index in [9.17, 15) is 23.3 Å². The normalized spacial score (nSPS) is 10.6. The molecule has 0 saturated heterocycles. The molecular formula is C7H5F3N2O2. The third-order valence-corrected chi connectivity index (χ3v) is 1.70. The van der Waals surface area contributed by atoms with Gasteiger partial charge in [0.2, 0.25) is 5.95 Å².